The zero-order valence-electron chi connectivity index (χ0n) is 8.02. The zero-order chi connectivity index (χ0) is 9.56. The Bertz CT molecular complexity index is 185. The van der Waals surface area contributed by atoms with Gasteiger partial charge in [0.25, 0.3) is 0 Å². The van der Waals surface area contributed by atoms with Crippen molar-refractivity contribution >= 4 is 5.97 Å². The molecule has 0 bridgehead atoms. The van der Waals surface area contributed by atoms with E-state index in [0.29, 0.717) is 24.1 Å². The van der Waals surface area contributed by atoms with Gasteiger partial charge in [0, 0.05) is 5.70 Å². The molecule has 0 aromatic carbocycles. The Hall–Kier alpha value is -0.990. The minimum absolute atomic E-state index is 0.295. The van der Waals surface area contributed by atoms with Crippen LogP contribution in [-0.2, 0) is 9.53 Å². The van der Waals surface area contributed by atoms with E-state index in [1.807, 2.05) is 13.8 Å². The van der Waals surface area contributed by atoms with Crippen LogP contribution in [0, 0.1) is 0 Å². The molecule has 3 heteroatoms. The molecule has 0 aliphatic rings. The Labute approximate surface area is 73.6 Å². The van der Waals surface area contributed by atoms with E-state index in [1.165, 1.54) is 7.11 Å². The number of hydrogen-bond acceptors (Lipinski definition) is 3. The van der Waals surface area contributed by atoms with Crippen molar-refractivity contribution in [3.63, 3.8) is 0 Å². The molecular weight excluding hydrogens is 154 g/mol. The Morgan fingerprint density at radius 1 is 1.42 bits per heavy atom. The molecule has 3 nitrogen and oxygen atoms in total. The third-order valence-corrected chi connectivity index (χ3v) is 1.70. The van der Waals surface area contributed by atoms with Crippen LogP contribution in [0.5, 0.6) is 0 Å². The van der Waals surface area contributed by atoms with Crippen molar-refractivity contribution in [3.05, 3.63) is 11.3 Å². The molecule has 0 unspecified atom stereocenters. The lowest BCUT2D eigenvalue weighted by atomic mass is 10.1. The molecule has 12 heavy (non-hydrogen) atoms. The van der Waals surface area contributed by atoms with E-state index >= 15 is 0 Å². The molecule has 0 saturated carbocycles. The summed E-state index contributed by atoms with van der Waals surface area (Å²) in [5.41, 5.74) is 6.93. The molecule has 70 valence electrons. The van der Waals surface area contributed by atoms with Gasteiger partial charge in [-0.2, -0.15) is 0 Å². The highest BCUT2D eigenvalue weighted by atomic mass is 16.5. The van der Waals surface area contributed by atoms with Gasteiger partial charge in [0.15, 0.2) is 0 Å². The summed E-state index contributed by atoms with van der Waals surface area (Å²) < 4.78 is 4.61. The van der Waals surface area contributed by atoms with Gasteiger partial charge in [0.05, 0.1) is 12.7 Å². The minimum atomic E-state index is -0.295. The maximum Gasteiger partial charge on any atom is 0.335 e. The maximum absolute atomic E-state index is 11.1. The first-order valence-corrected chi connectivity index (χ1v) is 4.23. The summed E-state index contributed by atoms with van der Waals surface area (Å²) in [4.78, 5) is 11.1. The summed E-state index contributed by atoms with van der Waals surface area (Å²) in [6, 6.07) is 0. The fourth-order valence-corrected chi connectivity index (χ4v) is 0.980. The second-order valence-electron chi connectivity index (χ2n) is 2.60. The van der Waals surface area contributed by atoms with Crippen LogP contribution in [0.2, 0.25) is 0 Å². The molecule has 0 aliphatic heterocycles. The molecule has 2 N–H and O–H groups in total. The van der Waals surface area contributed by atoms with E-state index < -0.39 is 0 Å². The average Bonchev–Trinajstić information content (AvgIpc) is 2.11. The van der Waals surface area contributed by atoms with E-state index in [2.05, 4.69) is 4.74 Å². The van der Waals surface area contributed by atoms with Gasteiger partial charge in [-0.05, 0) is 12.8 Å². The number of rotatable bonds is 4. The van der Waals surface area contributed by atoms with Crippen LogP contribution in [0.25, 0.3) is 0 Å². The van der Waals surface area contributed by atoms with Crippen LogP contribution in [0.15, 0.2) is 11.3 Å². The molecule has 0 heterocycles. The van der Waals surface area contributed by atoms with Crippen LogP contribution in [0.3, 0.4) is 0 Å². The molecule has 0 amide bonds. The van der Waals surface area contributed by atoms with E-state index in [1.54, 1.807) is 0 Å². The van der Waals surface area contributed by atoms with Gasteiger partial charge in [0.2, 0.25) is 0 Å². The Morgan fingerprint density at radius 2 is 2.00 bits per heavy atom. The van der Waals surface area contributed by atoms with Crippen molar-refractivity contribution in [1.29, 1.82) is 0 Å². The number of ether oxygens (including phenoxy) is 1. The second-order valence-corrected chi connectivity index (χ2v) is 2.60. The molecule has 0 radical (unpaired) electrons. The van der Waals surface area contributed by atoms with Crippen LogP contribution < -0.4 is 5.73 Å². The number of methoxy groups -OCH3 is 1. The highest BCUT2D eigenvalue weighted by molar-refractivity contribution is 5.89. The van der Waals surface area contributed by atoms with Crippen molar-refractivity contribution in [1.82, 2.24) is 0 Å². The van der Waals surface area contributed by atoms with Gasteiger partial charge in [0.1, 0.15) is 0 Å². The van der Waals surface area contributed by atoms with Crippen LogP contribution >= 0.6 is 0 Å². The summed E-state index contributed by atoms with van der Waals surface area (Å²) in [5, 5.41) is 0. The summed E-state index contributed by atoms with van der Waals surface area (Å²) in [7, 11) is 1.38. The Morgan fingerprint density at radius 3 is 2.33 bits per heavy atom. The van der Waals surface area contributed by atoms with Crippen molar-refractivity contribution < 1.29 is 9.53 Å². The van der Waals surface area contributed by atoms with Gasteiger partial charge < -0.3 is 10.5 Å². The molecule has 0 fully saturated rings. The fraction of sp³-hybridized carbons (Fsp3) is 0.667. The number of allylic oxidation sites excluding steroid dienone is 1. The summed E-state index contributed by atoms with van der Waals surface area (Å²) in [6.45, 7) is 3.93. The second kappa shape index (κ2) is 5.63. The lowest BCUT2D eigenvalue weighted by Gasteiger charge is -2.06. The average molecular weight is 171 g/mol. The van der Waals surface area contributed by atoms with Gasteiger partial charge in [-0.1, -0.05) is 20.3 Å². The SMILES string of the molecule is CCCC(C(=O)OC)=C(N)CC. The summed E-state index contributed by atoms with van der Waals surface area (Å²) >= 11 is 0. The number of hydrogen-bond donors (Lipinski definition) is 1. The largest absolute Gasteiger partial charge is 0.466 e. The Kier molecular flexibility index (Phi) is 5.17. The molecule has 0 saturated heterocycles. The quantitative estimate of drug-likeness (QED) is 0.516. The summed E-state index contributed by atoms with van der Waals surface area (Å²) in [6.07, 6.45) is 2.31. The first kappa shape index (κ1) is 11.0. The highest BCUT2D eigenvalue weighted by Crippen LogP contribution is 2.11. The third kappa shape index (κ3) is 2.95. The van der Waals surface area contributed by atoms with E-state index in [-0.39, 0.29) is 5.97 Å². The Balaban J connectivity index is 4.52. The predicted octanol–water partition coefficient (Wildman–Crippen LogP) is 1.58. The van der Waals surface area contributed by atoms with E-state index in [0.717, 1.165) is 6.42 Å². The molecule has 0 aliphatic carbocycles. The van der Waals surface area contributed by atoms with Gasteiger partial charge in [-0.25, -0.2) is 4.79 Å². The van der Waals surface area contributed by atoms with Crippen molar-refractivity contribution in [2.45, 2.75) is 33.1 Å². The van der Waals surface area contributed by atoms with Crippen molar-refractivity contribution in [2.24, 2.45) is 5.73 Å². The topological polar surface area (TPSA) is 52.3 Å². The minimum Gasteiger partial charge on any atom is -0.466 e. The monoisotopic (exact) mass is 171 g/mol. The normalized spacial score (nSPS) is 12.2. The smallest absolute Gasteiger partial charge is 0.335 e. The highest BCUT2D eigenvalue weighted by Gasteiger charge is 2.11. The number of esters is 1. The van der Waals surface area contributed by atoms with Crippen molar-refractivity contribution in [2.75, 3.05) is 7.11 Å². The number of carbonyl (C=O) groups is 1. The molecular formula is C9H17NO2. The van der Waals surface area contributed by atoms with Crippen molar-refractivity contribution in [3.8, 4) is 0 Å². The van der Waals surface area contributed by atoms with Gasteiger partial charge >= 0.3 is 5.97 Å². The van der Waals surface area contributed by atoms with Crippen LogP contribution in [-0.4, -0.2) is 13.1 Å². The lowest BCUT2D eigenvalue weighted by Crippen LogP contribution is -2.12. The molecule has 0 rings (SSSR count). The summed E-state index contributed by atoms with van der Waals surface area (Å²) in [5.74, 6) is -0.295. The van der Waals surface area contributed by atoms with Gasteiger partial charge in [-0.15, -0.1) is 0 Å². The van der Waals surface area contributed by atoms with Crippen LogP contribution in [0.1, 0.15) is 33.1 Å². The first-order valence-electron chi connectivity index (χ1n) is 4.23. The fourth-order valence-electron chi connectivity index (χ4n) is 0.980. The third-order valence-electron chi connectivity index (χ3n) is 1.70. The van der Waals surface area contributed by atoms with E-state index in [4.69, 9.17) is 5.73 Å². The molecule has 0 spiro atoms. The molecule has 0 aromatic heterocycles. The van der Waals surface area contributed by atoms with E-state index in [9.17, 15) is 4.79 Å². The lowest BCUT2D eigenvalue weighted by molar-refractivity contribution is -0.136. The number of nitrogens with two attached hydrogens (primary N) is 1. The molecule has 0 atom stereocenters. The van der Waals surface area contributed by atoms with Crippen LogP contribution in [0.4, 0.5) is 0 Å². The standard InChI is InChI=1S/C9H17NO2/c1-4-6-7(8(10)5-2)9(11)12-3/h4-6,10H2,1-3H3. The first-order chi connectivity index (χ1) is 5.67. The zero-order valence-corrected chi connectivity index (χ0v) is 8.02. The maximum atomic E-state index is 11.1. The predicted molar refractivity (Wildman–Crippen MR) is 48.4 cm³/mol. The van der Waals surface area contributed by atoms with Gasteiger partial charge in [-0.3, -0.25) is 0 Å². The number of carbonyl (C=O) groups excluding carboxylic acids is 1. The molecule has 0 aromatic rings.